The predicted octanol–water partition coefficient (Wildman–Crippen LogP) is 4.72. The zero-order chi connectivity index (χ0) is 19.1. The molecule has 2 aromatic heterocycles. The van der Waals surface area contributed by atoms with Crippen LogP contribution in [0.2, 0.25) is 0 Å². The fourth-order valence-electron chi connectivity index (χ4n) is 2.48. The first-order valence-electron chi connectivity index (χ1n) is 8.47. The quantitative estimate of drug-likeness (QED) is 0.464. The van der Waals surface area contributed by atoms with Crippen LogP contribution >= 0.6 is 23.6 Å². The molecule has 1 aromatic carbocycles. The maximum Gasteiger partial charge on any atom is 0.341 e. The van der Waals surface area contributed by atoms with Crippen molar-refractivity contribution in [2.24, 2.45) is 0 Å². The fraction of sp³-hybridized carbons (Fsp3) is 0.150. The first-order valence-corrected chi connectivity index (χ1v) is 9.70. The first kappa shape index (κ1) is 19.0. The van der Waals surface area contributed by atoms with E-state index in [9.17, 15) is 4.79 Å². The molecule has 27 heavy (non-hydrogen) atoms. The zero-order valence-electron chi connectivity index (χ0n) is 14.8. The molecule has 5 nitrogen and oxygen atoms in total. The summed E-state index contributed by atoms with van der Waals surface area (Å²) in [5.74, 6) is -0.359. The van der Waals surface area contributed by atoms with Gasteiger partial charge in [0, 0.05) is 29.4 Å². The Bertz CT molecular complexity index is 911. The van der Waals surface area contributed by atoms with E-state index in [0.29, 0.717) is 22.3 Å². The lowest BCUT2D eigenvalue weighted by Crippen LogP contribution is -2.20. The van der Waals surface area contributed by atoms with E-state index in [1.807, 2.05) is 36.4 Å². The minimum atomic E-state index is -0.359. The Balaban J connectivity index is 1.79. The van der Waals surface area contributed by atoms with Crippen molar-refractivity contribution in [3.8, 4) is 0 Å². The molecule has 0 unspecified atom stereocenters. The summed E-state index contributed by atoms with van der Waals surface area (Å²) in [7, 11) is 0. The summed E-state index contributed by atoms with van der Waals surface area (Å²) < 4.78 is 5.19. The number of esters is 1. The van der Waals surface area contributed by atoms with E-state index in [4.69, 9.17) is 17.0 Å². The number of carbonyl (C=O) groups is 1. The van der Waals surface area contributed by atoms with E-state index in [1.165, 1.54) is 16.9 Å². The molecule has 138 valence electrons. The Morgan fingerprint density at radius 1 is 1.15 bits per heavy atom. The molecule has 0 aliphatic carbocycles. The zero-order valence-corrected chi connectivity index (χ0v) is 16.4. The highest BCUT2D eigenvalue weighted by Crippen LogP contribution is 2.31. The number of thiophene rings is 1. The minimum absolute atomic E-state index is 0.321. The number of rotatable bonds is 6. The number of anilines is 2. The average Bonchev–Trinajstić information content (AvgIpc) is 3.05. The van der Waals surface area contributed by atoms with E-state index >= 15 is 0 Å². The molecule has 0 saturated heterocycles. The van der Waals surface area contributed by atoms with Crippen molar-refractivity contribution in [1.29, 1.82) is 0 Å². The SMILES string of the molecule is CCOC(=O)c1cc(Cc2ccccc2)sc1NC(=S)Nc1ccncc1. The van der Waals surface area contributed by atoms with Crippen molar-refractivity contribution in [1.82, 2.24) is 4.98 Å². The van der Waals surface area contributed by atoms with Crippen molar-refractivity contribution in [3.63, 3.8) is 0 Å². The lowest BCUT2D eigenvalue weighted by molar-refractivity contribution is 0.0528. The Kier molecular flexibility index (Phi) is 6.51. The molecule has 0 radical (unpaired) electrons. The Morgan fingerprint density at radius 2 is 1.89 bits per heavy atom. The van der Waals surface area contributed by atoms with Crippen LogP contribution in [0, 0.1) is 0 Å². The van der Waals surface area contributed by atoms with Gasteiger partial charge < -0.3 is 15.4 Å². The molecule has 2 N–H and O–H groups in total. The normalized spacial score (nSPS) is 10.3. The lowest BCUT2D eigenvalue weighted by Gasteiger charge is -2.10. The Labute approximate surface area is 167 Å². The summed E-state index contributed by atoms with van der Waals surface area (Å²) in [6, 6.07) is 15.6. The van der Waals surface area contributed by atoms with E-state index in [0.717, 1.165) is 17.0 Å². The Morgan fingerprint density at radius 3 is 2.59 bits per heavy atom. The second-order valence-electron chi connectivity index (χ2n) is 5.65. The third-order valence-corrected chi connectivity index (χ3v) is 4.92. The van der Waals surface area contributed by atoms with Crippen molar-refractivity contribution < 1.29 is 9.53 Å². The number of thiocarbonyl (C=S) groups is 1. The highest BCUT2D eigenvalue weighted by molar-refractivity contribution is 7.80. The maximum absolute atomic E-state index is 12.3. The first-order chi connectivity index (χ1) is 13.2. The van der Waals surface area contributed by atoms with Gasteiger partial charge in [-0.2, -0.15) is 0 Å². The highest BCUT2D eigenvalue weighted by atomic mass is 32.1. The van der Waals surface area contributed by atoms with Crippen molar-refractivity contribution in [2.45, 2.75) is 13.3 Å². The smallest absolute Gasteiger partial charge is 0.341 e. The summed E-state index contributed by atoms with van der Waals surface area (Å²) in [6.07, 6.45) is 4.10. The highest BCUT2D eigenvalue weighted by Gasteiger charge is 2.18. The molecule has 3 aromatic rings. The number of hydrogen-bond donors (Lipinski definition) is 2. The number of benzene rings is 1. The number of aromatic nitrogens is 1. The third kappa shape index (κ3) is 5.35. The number of hydrogen-bond acceptors (Lipinski definition) is 5. The average molecular weight is 398 g/mol. The summed E-state index contributed by atoms with van der Waals surface area (Å²) in [5, 5.41) is 7.28. The summed E-state index contributed by atoms with van der Waals surface area (Å²) in [4.78, 5) is 17.4. The second-order valence-corrected chi connectivity index (χ2v) is 7.20. The summed E-state index contributed by atoms with van der Waals surface area (Å²) >= 11 is 6.88. The van der Waals surface area contributed by atoms with Crippen LogP contribution in [-0.2, 0) is 11.2 Å². The third-order valence-electron chi connectivity index (χ3n) is 3.66. The number of pyridine rings is 1. The number of nitrogens with one attached hydrogen (secondary N) is 2. The van der Waals surface area contributed by atoms with Crippen LogP contribution in [0.3, 0.4) is 0 Å². The van der Waals surface area contributed by atoms with Crippen molar-refractivity contribution in [3.05, 3.63) is 76.9 Å². The van der Waals surface area contributed by atoms with E-state index < -0.39 is 0 Å². The second kappa shape index (κ2) is 9.25. The van der Waals surface area contributed by atoms with Gasteiger partial charge in [0.1, 0.15) is 5.00 Å². The topological polar surface area (TPSA) is 63.2 Å². The van der Waals surface area contributed by atoms with Gasteiger partial charge in [0.05, 0.1) is 12.2 Å². The number of carbonyl (C=O) groups excluding carboxylic acids is 1. The summed E-state index contributed by atoms with van der Waals surface area (Å²) in [6.45, 7) is 2.11. The molecule has 0 spiro atoms. The largest absolute Gasteiger partial charge is 0.462 e. The van der Waals surface area contributed by atoms with Crippen LogP contribution < -0.4 is 10.6 Å². The standard InChI is InChI=1S/C20H19N3O2S2/c1-2-25-19(24)17-13-16(12-14-6-4-3-5-7-14)27-18(17)23-20(26)22-15-8-10-21-11-9-15/h3-11,13H,2,12H2,1H3,(H2,21,22,23,26). The van der Waals surface area contributed by atoms with E-state index in [-0.39, 0.29) is 5.97 Å². The molecule has 0 atom stereocenters. The Hall–Kier alpha value is -2.77. The van der Waals surface area contributed by atoms with Crippen LogP contribution in [-0.4, -0.2) is 22.7 Å². The molecule has 0 aliphatic heterocycles. The van der Waals surface area contributed by atoms with Crippen molar-refractivity contribution >= 4 is 45.3 Å². The summed E-state index contributed by atoms with van der Waals surface area (Å²) in [5.41, 5.74) is 2.49. The minimum Gasteiger partial charge on any atom is -0.462 e. The molecular formula is C20H19N3O2S2. The van der Waals surface area contributed by atoms with Gasteiger partial charge in [0.15, 0.2) is 5.11 Å². The van der Waals surface area contributed by atoms with Gasteiger partial charge in [-0.1, -0.05) is 30.3 Å². The number of ether oxygens (including phenoxy) is 1. The van der Waals surface area contributed by atoms with Crippen LogP contribution in [0.4, 0.5) is 10.7 Å². The van der Waals surface area contributed by atoms with Gasteiger partial charge >= 0.3 is 5.97 Å². The van der Waals surface area contributed by atoms with Crippen LogP contribution in [0.1, 0.15) is 27.7 Å². The molecule has 0 saturated carbocycles. The van der Waals surface area contributed by atoms with Crippen molar-refractivity contribution in [2.75, 3.05) is 17.2 Å². The monoisotopic (exact) mass is 397 g/mol. The molecule has 3 rings (SSSR count). The van der Waals surface area contributed by atoms with E-state index in [1.54, 1.807) is 19.3 Å². The molecule has 0 amide bonds. The lowest BCUT2D eigenvalue weighted by atomic mass is 10.1. The van der Waals surface area contributed by atoms with Crippen LogP contribution in [0.5, 0.6) is 0 Å². The molecule has 0 fully saturated rings. The van der Waals surface area contributed by atoms with Gasteiger partial charge in [0.25, 0.3) is 0 Å². The maximum atomic E-state index is 12.3. The fourth-order valence-corrected chi connectivity index (χ4v) is 3.85. The molecule has 7 heteroatoms. The van der Waals surface area contributed by atoms with Gasteiger partial charge in [0.2, 0.25) is 0 Å². The van der Waals surface area contributed by atoms with Gasteiger partial charge in [-0.25, -0.2) is 4.79 Å². The predicted molar refractivity (Wildman–Crippen MR) is 114 cm³/mol. The molecular weight excluding hydrogens is 378 g/mol. The number of nitrogens with zero attached hydrogens (tertiary/aromatic N) is 1. The van der Waals surface area contributed by atoms with E-state index in [2.05, 4.69) is 27.8 Å². The van der Waals surface area contributed by atoms with Gasteiger partial charge in [-0.05, 0) is 42.9 Å². The van der Waals surface area contributed by atoms with Gasteiger partial charge in [-0.3, -0.25) is 4.98 Å². The van der Waals surface area contributed by atoms with Crippen LogP contribution in [0.15, 0.2) is 60.9 Å². The van der Waals surface area contributed by atoms with Crippen LogP contribution in [0.25, 0.3) is 0 Å². The molecule has 0 bridgehead atoms. The molecule has 2 heterocycles. The molecule has 0 aliphatic rings. The van der Waals surface area contributed by atoms with Gasteiger partial charge in [-0.15, -0.1) is 11.3 Å².